The van der Waals surface area contributed by atoms with E-state index in [2.05, 4.69) is 12.2 Å². The van der Waals surface area contributed by atoms with Crippen molar-refractivity contribution >= 4 is 14.3 Å². The van der Waals surface area contributed by atoms with Gasteiger partial charge in [-0.2, -0.15) is 0 Å². The van der Waals surface area contributed by atoms with Crippen molar-refractivity contribution in [2.75, 3.05) is 0 Å². The van der Waals surface area contributed by atoms with Crippen LogP contribution in [0.15, 0.2) is 0 Å². The lowest BCUT2D eigenvalue weighted by atomic mass is 10.3. The largest absolute Gasteiger partial charge is 0.358 e. The van der Waals surface area contributed by atoms with Gasteiger partial charge in [-0.3, -0.25) is 4.79 Å². The minimum atomic E-state index is -0.767. The van der Waals surface area contributed by atoms with Crippen LogP contribution in [-0.2, 0) is 0 Å². The summed E-state index contributed by atoms with van der Waals surface area (Å²) < 4.78 is 0. The van der Waals surface area contributed by atoms with Gasteiger partial charge >= 0.3 is 0 Å². The maximum atomic E-state index is 11.0. The number of nitrogens with one attached hydrogen (secondary N) is 1. The second kappa shape index (κ2) is 4.49. The molecule has 1 N–H and O–H groups in total. The highest BCUT2D eigenvalue weighted by molar-refractivity contribution is 6.87. The highest BCUT2D eigenvalue weighted by Crippen LogP contribution is 1.90. The summed E-state index contributed by atoms with van der Waals surface area (Å²) in [6.07, 6.45) is 1.01. The highest BCUT2D eigenvalue weighted by Gasteiger charge is 2.09. The number of hydrogen-bond donors (Lipinski definition) is 1. The molecule has 0 spiro atoms. The van der Waals surface area contributed by atoms with E-state index in [0.29, 0.717) is 6.04 Å². The molecule has 1 radical (unpaired) electrons. The van der Waals surface area contributed by atoms with Gasteiger partial charge in [0, 0.05) is 6.04 Å². The molecular weight excluding hydrogens is 142 g/mol. The lowest BCUT2D eigenvalue weighted by Crippen LogP contribution is -2.38. The number of carbonyl (C=O) groups is 1. The summed E-state index contributed by atoms with van der Waals surface area (Å²) in [5, 5.41) is 2.94. The number of rotatable bonds is 3. The SMILES string of the molecule is CCC(C)NC(=O)[Si](C)C. The summed E-state index contributed by atoms with van der Waals surface area (Å²) in [5.74, 6) is 0. The van der Waals surface area contributed by atoms with Crippen molar-refractivity contribution in [2.24, 2.45) is 0 Å². The molecule has 0 heterocycles. The van der Waals surface area contributed by atoms with Gasteiger partial charge < -0.3 is 5.32 Å². The molecule has 1 unspecified atom stereocenters. The van der Waals surface area contributed by atoms with Gasteiger partial charge in [-0.1, -0.05) is 20.0 Å². The standard InChI is InChI=1S/C7H16NOSi/c1-5-6(2)8-7(9)10(3)4/h6H,5H2,1-4H3,(H,8,9). The summed E-state index contributed by atoms with van der Waals surface area (Å²) in [6, 6.07) is 0.340. The molecule has 0 aromatic carbocycles. The predicted molar refractivity (Wildman–Crippen MR) is 45.8 cm³/mol. The monoisotopic (exact) mass is 158 g/mol. The zero-order chi connectivity index (χ0) is 8.15. The van der Waals surface area contributed by atoms with Crippen LogP contribution in [0, 0.1) is 0 Å². The summed E-state index contributed by atoms with van der Waals surface area (Å²) in [5.41, 5.74) is 0.249. The number of carbonyl (C=O) groups excluding carboxylic acids is 1. The molecule has 0 rings (SSSR count). The quantitative estimate of drug-likeness (QED) is 0.624. The van der Waals surface area contributed by atoms with E-state index in [-0.39, 0.29) is 5.53 Å². The Hall–Kier alpha value is -0.313. The fraction of sp³-hybridized carbons (Fsp3) is 0.857. The van der Waals surface area contributed by atoms with Gasteiger partial charge in [0.15, 0.2) is 14.3 Å². The van der Waals surface area contributed by atoms with Crippen LogP contribution in [0.3, 0.4) is 0 Å². The third-order valence-electron chi connectivity index (χ3n) is 1.44. The maximum Gasteiger partial charge on any atom is 0.190 e. The predicted octanol–water partition coefficient (Wildman–Crippen LogP) is 1.83. The Morgan fingerprint density at radius 2 is 2.10 bits per heavy atom. The summed E-state index contributed by atoms with van der Waals surface area (Å²) in [4.78, 5) is 11.0. The zero-order valence-electron chi connectivity index (χ0n) is 7.19. The Kier molecular flexibility index (Phi) is 4.35. The average molecular weight is 158 g/mol. The summed E-state index contributed by atoms with van der Waals surface area (Å²) >= 11 is 0. The molecular formula is C7H16NOSi. The molecule has 0 aliphatic carbocycles. The lowest BCUT2D eigenvalue weighted by molar-refractivity contribution is 0.255. The molecule has 0 aliphatic rings. The van der Waals surface area contributed by atoms with Crippen LogP contribution in [0.2, 0.25) is 13.1 Å². The molecule has 0 saturated heterocycles. The van der Waals surface area contributed by atoms with Gasteiger partial charge in [0.2, 0.25) is 0 Å². The van der Waals surface area contributed by atoms with E-state index >= 15 is 0 Å². The normalized spacial score (nSPS) is 13.3. The first-order chi connectivity index (χ1) is 4.57. The minimum absolute atomic E-state index is 0.249. The number of hydrogen-bond acceptors (Lipinski definition) is 1. The van der Waals surface area contributed by atoms with Crippen molar-refractivity contribution in [3.63, 3.8) is 0 Å². The smallest absolute Gasteiger partial charge is 0.190 e. The molecule has 1 amide bonds. The van der Waals surface area contributed by atoms with Crippen LogP contribution < -0.4 is 5.32 Å². The topological polar surface area (TPSA) is 29.1 Å². The van der Waals surface area contributed by atoms with Gasteiger partial charge in [0.1, 0.15) is 0 Å². The fourth-order valence-corrected chi connectivity index (χ4v) is 1.01. The van der Waals surface area contributed by atoms with Crippen LogP contribution in [0.1, 0.15) is 20.3 Å². The van der Waals surface area contributed by atoms with Gasteiger partial charge in [-0.05, 0) is 13.3 Å². The molecule has 2 nitrogen and oxygen atoms in total. The second-order valence-corrected chi connectivity index (χ2v) is 5.24. The third-order valence-corrected chi connectivity index (χ3v) is 2.50. The molecule has 0 aromatic rings. The van der Waals surface area contributed by atoms with Crippen LogP contribution in [-0.4, -0.2) is 20.4 Å². The number of amides is 1. The van der Waals surface area contributed by atoms with Crippen molar-refractivity contribution in [3.8, 4) is 0 Å². The first-order valence-electron chi connectivity index (χ1n) is 3.69. The Morgan fingerprint density at radius 1 is 1.60 bits per heavy atom. The molecule has 0 bridgehead atoms. The zero-order valence-corrected chi connectivity index (χ0v) is 8.19. The maximum absolute atomic E-state index is 11.0. The van der Waals surface area contributed by atoms with Crippen molar-refractivity contribution in [2.45, 2.75) is 39.4 Å². The summed E-state index contributed by atoms with van der Waals surface area (Å²) in [6.45, 7) is 8.11. The van der Waals surface area contributed by atoms with E-state index in [1.807, 2.05) is 20.0 Å². The summed E-state index contributed by atoms with van der Waals surface area (Å²) in [7, 11) is -0.767. The van der Waals surface area contributed by atoms with E-state index in [4.69, 9.17) is 0 Å². The first kappa shape index (κ1) is 9.69. The van der Waals surface area contributed by atoms with Crippen molar-refractivity contribution in [3.05, 3.63) is 0 Å². The van der Waals surface area contributed by atoms with Gasteiger partial charge in [-0.25, -0.2) is 0 Å². The molecule has 0 fully saturated rings. The fourth-order valence-electron chi connectivity index (χ4n) is 0.470. The van der Waals surface area contributed by atoms with E-state index in [1.165, 1.54) is 0 Å². The molecule has 0 aliphatic heterocycles. The minimum Gasteiger partial charge on any atom is -0.358 e. The van der Waals surface area contributed by atoms with E-state index < -0.39 is 8.80 Å². The van der Waals surface area contributed by atoms with E-state index in [9.17, 15) is 4.79 Å². The highest BCUT2D eigenvalue weighted by atomic mass is 28.3. The Labute approximate surface area is 64.6 Å². The average Bonchev–Trinajstić information content (AvgIpc) is 1.87. The first-order valence-corrected chi connectivity index (χ1v) is 6.19. The third kappa shape index (κ3) is 3.66. The molecule has 3 heteroatoms. The van der Waals surface area contributed by atoms with E-state index in [1.54, 1.807) is 0 Å². The second-order valence-electron chi connectivity index (χ2n) is 2.78. The molecule has 0 aromatic heterocycles. The van der Waals surface area contributed by atoms with Crippen LogP contribution in [0.4, 0.5) is 4.79 Å². The van der Waals surface area contributed by atoms with Gasteiger partial charge in [-0.15, -0.1) is 0 Å². The Morgan fingerprint density at radius 3 is 2.40 bits per heavy atom. The molecule has 0 saturated carbocycles. The molecule has 10 heavy (non-hydrogen) atoms. The molecule has 1 atom stereocenters. The van der Waals surface area contributed by atoms with E-state index in [0.717, 1.165) is 6.42 Å². The van der Waals surface area contributed by atoms with Crippen LogP contribution in [0.25, 0.3) is 0 Å². The van der Waals surface area contributed by atoms with Gasteiger partial charge in [0.25, 0.3) is 0 Å². The Bertz CT molecular complexity index is 114. The van der Waals surface area contributed by atoms with Crippen LogP contribution >= 0.6 is 0 Å². The van der Waals surface area contributed by atoms with Crippen molar-refractivity contribution in [1.29, 1.82) is 0 Å². The lowest BCUT2D eigenvalue weighted by Gasteiger charge is -2.12. The van der Waals surface area contributed by atoms with Crippen molar-refractivity contribution in [1.82, 2.24) is 5.32 Å². The van der Waals surface area contributed by atoms with Crippen LogP contribution in [0.5, 0.6) is 0 Å². The Balaban J connectivity index is 3.57. The van der Waals surface area contributed by atoms with Crippen molar-refractivity contribution < 1.29 is 4.79 Å². The van der Waals surface area contributed by atoms with Gasteiger partial charge in [0.05, 0.1) is 0 Å². The molecule has 59 valence electrons.